The summed E-state index contributed by atoms with van der Waals surface area (Å²) in [6.07, 6.45) is 2.24. The van der Waals surface area contributed by atoms with Gasteiger partial charge >= 0.3 is 0 Å². The maximum absolute atomic E-state index is 10.4. The minimum Gasteiger partial charge on any atom is -0.329 e. The van der Waals surface area contributed by atoms with E-state index in [2.05, 4.69) is 11.4 Å². The molecule has 3 heteroatoms. The van der Waals surface area contributed by atoms with Crippen molar-refractivity contribution in [2.45, 2.75) is 26.7 Å². The van der Waals surface area contributed by atoms with Gasteiger partial charge in [0.1, 0.15) is 0 Å². The summed E-state index contributed by atoms with van der Waals surface area (Å²) in [5.41, 5.74) is 3.48. The molecule has 0 atom stereocenters. The highest BCUT2D eigenvalue weighted by Crippen LogP contribution is 2.21. The normalized spacial score (nSPS) is 9.40. The number of benzene rings is 1. The van der Waals surface area contributed by atoms with Crippen LogP contribution in [0.25, 0.3) is 0 Å². The highest BCUT2D eigenvalue weighted by atomic mass is 16.1. The van der Waals surface area contributed by atoms with Gasteiger partial charge in [-0.05, 0) is 36.1 Å². The molecule has 3 nitrogen and oxygen atoms in total. The number of nitrogens with zero attached hydrogens (tertiary/aromatic N) is 1. The number of aryl methyl sites for hydroxylation is 2. The summed E-state index contributed by atoms with van der Waals surface area (Å²) in [6, 6.07) is 5.93. The van der Waals surface area contributed by atoms with Crippen molar-refractivity contribution in [2.75, 3.05) is 5.32 Å². The second-order valence-electron chi connectivity index (χ2n) is 3.25. The zero-order valence-corrected chi connectivity index (χ0v) is 9.00. The predicted octanol–water partition coefficient (Wildman–Crippen LogP) is 2.25. The topological polar surface area (TPSA) is 52.9 Å². The number of hydrogen-bond acceptors (Lipinski definition) is 2. The van der Waals surface area contributed by atoms with Gasteiger partial charge in [-0.15, -0.1) is 0 Å². The fourth-order valence-electron chi connectivity index (χ4n) is 1.62. The Bertz CT molecular complexity index is 380. The number of rotatable bonds is 4. The van der Waals surface area contributed by atoms with E-state index < -0.39 is 0 Å². The van der Waals surface area contributed by atoms with Crippen molar-refractivity contribution >= 4 is 12.1 Å². The van der Waals surface area contributed by atoms with Crippen LogP contribution in [0.1, 0.15) is 30.5 Å². The smallest absolute Gasteiger partial charge is 0.211 e. The third-order valence-electron chi connectivity index (χ3n) is 2.40. The molecule has 0 bridgehead atoms. The van der Waals surface area contributed by atoms with Gasteiger partial charge in [-0.3, -0.25) is 4.79 Å². The molecule has 78 valence electrons. The molecule has 1 aromatic rings. The lowest BCUT2D eigenvalue weighted by molar-refractivity contribution is -0.105. The van der Waals surface area contributed by atoms with Crippen molar-refractivity contribution in [1.29, 1.82) is 5.26 Å². The predicted molar refractivity (Wildman–Crippen MR) is 59.6 cm³/mol. The van der Waals surface area contributed by atoms with Gasteiger partial charge in [0.2, 0.25) is 6.41 Å². The van der Waals surface area contributed by atoms with E-state index in [1.165, 1.54) is 0 Å². The summed E-state index contributed by atoms with van der Waals surface area (Å²) in [4.78, 5) is 10.4. The minimum absolute atomic E-state index is 0.653. The van der Waals surface area contributed by atoms with Crippen molar-refractivity contribution in [1.82, 2.24) is 0 Å². The van der Waals surface area contributed by atoms with Crippen LogP contribution < -0.4 is 5.32 Å². The van der Waals surface area contributed by atoms with Gasteiger partial charge in [0.05, 0.1) is 11.6 Å². The summed E-state index contributed by atoms with van der Waals surface area (Å²) >= 11 is 0. The third-order valence-corrected chi connectivity index (χ3v) is 2.40. The van der Waals surface area contributed by atoms with Gasteiger partial charge in [0.15, 0.2) is 0 Å². The fourth-order valence-corrected chi connectivity index (χ4v) is 1.62. The molecule has 0 saturated carbocycles. The number of nitrogens with one attached hydrogen (secondary N) is 1. The first-order valence-corrected chi connectivity index (χ1v) is 5.02. The Kier molecular flexibility index (Phi) is 3.87. The van der Waals surface area contributed by atoms with Crippen LogP contribution in [0.3, 0.4) is 0 Å². The van der Waals surface area contributed by atoms with Crippen molar-refractivity contribution in [3.63, 3.8) is 0 Å². The van der Waals surface area contributed by atoms with E-state index >= 15 is 0 Å². The molecule has 0 aliphatic rings. The Morgan fingerprint density at radius 2 is 1.87 bits per heavy atom. The standard InChI is InChI=1S/C12H14N2O/c1-3-9-5-11(14-8-15)6-10(4-2)12(9)7-13/h5-6,8H,3-4H2,1-2H3,(H,14,15). The average molecular weight is 202 g/mol. The first-order valence-electron chi connectivity index (χ1n) is 5.02. The number of anilines is 1. The molecule has 0 heterocycles. The molecule has 1 amide bonds. The highest BCUT2D eigenvalue weighted by molar-refractivity contribution is 5.73. The molecule has 0 aliphatic heterocycles. The van der Waals surface area contributed by atoms with Crippen LogP contribution in [0.2, 0.25) is 0 Å². The number of carbonyl (C=O) groups excluding carboxylic acids is 1. The number of hydrogen-bond donors (Lipinski definition) is 1. The van der Waals surface area contributed by atoms with Gasteiger partial charge < -0.3 is 5.32 Å². The highest BCUT2D eigenvalue weighted by Gasteiger charge is 2.07. The average Bonchev–Trinajstić information content (AvgIpc) is 2.28. The second kappa shape index (κ2) is 5.16. The largest absolute Gasteiger partial charge is 0.329 e. The van der Waals surface area contributed by atoms with Gasteiger partial charge in [-0.1, -0.05) is 13.8 Å². The third kappa shape index (κ3) is 2.35. The molecule has 0 aliphatic carbocycles. The van der Waals surface area contributed by atoms with Crippen LogP contribution in [0.4, 0.5) is 5.69 Å². The summed E-state index contributed by atoms with van der Waals surface area (Å²) in [7, 11) is 0. The van der Waals surface area contributed by atoms with Crippen molar-refractivity contribution in [3.05, 3.63) is 28.8 Å². The van der Waals surface area contributed by atoms with Crippen LogP contribution in [0.15, 0.2) is 12.1 Å². The number of nitriles is 1. The lowest BCUT2D eigenvalue weighted by Gasteiger charge is -2.09. The minimum atomic E-state index is 0.653. The Labute approximate surface area is 89.7 Å². The molecule has 0 saturated heterocycles. The van der Waals surface area contributed by atoms with Crippen LogP contribution >= 0.6 is 0 Å². The summed E-state index contributed by atoms with van der Waals surface area (Å²) < 4.78 is 0. The molecule has 0 radical (unpaired) electrons. The molecule has 0 spiro atoms. The quantitative estimate of drug-likeness (QED) is 0.761. The molecule has 0 fully saturated rings. The fraction of sp³-hybridized carbons (Fsp3) is 0.333. The van der Waals surface area contributed by atoms with E-state index in [1.54, 1.807) is 0 Å². The summed E-state index contributed by atoms with van der Waals surface area (Å²) in [6.45, 7) is 4.00. The molecular formula is C12H14N2O. The Morgan fingerprint density at radius 3 is 2.20 bits per heavy atom. The van der Waals surface area contributed by atoms with E-state index in [-0.39, 0.29) is 0 Å². The van der Waals surface area contributed by atoms with Crippen molar-refractivity contribution in [3.8, 4) is 6.07 Å². The van der Waals surface area contributed by atoms with Crippen LogP contribution in [-0.4, -0.2) is 6.41 Å². The number of amides is 1. The van der Waals surface area contributed by atoms with E-state index in [1.807, 2.05) is 26.0 Å². The first kappa shape index (κ1) is 11.3. The Balaban J connectivity index is 3.30. The van der Waals surface area contributed by atoms with Crippen LogP contribution in [-0.2, 0) is 17.6 Å². The molecular weight excluding hydrogens is 188 g/mol. The van der Waals surface area contributed by atoms with Gasteiger partial charge in [-0.25, -0.2) is 0 Å². The van der Waals surface area contributed by atoms with E-state index in [0.29, 0.717) is 6.41 Å². The van der Waals surface area contributed by atoms with Gasteiger partial charge in [0.25, 0.3) is 0 Å². The number of carbonyl (C=O) groups is 1. The monoisotopic (exact) mass is 202 g/mol. The molecule has 15 heavy (non-hydrogen) atoms. The molecule has 0 unspecified atom stereocenters. The summed E-state index contributed by atoms with van der Waals surface area (Å²) in [5.74, 6) is 0. The van der Waals surface area contributed by atoms with E-state index in [4.69, 9.17) is 5.26 Å². The second-order valence-corrected chi connectivity index (χ2v) is 3.25. The zero-order valence-electron chi connectivity index (χ0n) is 9.00. The Morgan fingerprint density at radius 1 is 1.33 bits per heavy atom. The zero-order chi connectivity index (χ0) is 11.3. The van der Waals surface area contributed by atoms with Crippen LogP contribution in [0, 0.1) is 11.3 Å². The molecule has 1 aromatic carbocycles. The molecule has 0 aromatic heterocycles. The Hall–Kier alpha value is -1.82. The lowest BCUT2D eigenvalue weighted by Crippen LogP contribution is -2.00. The SMILES string of the molecule is CCc1cc(NC=O)cc(CC)c1C#N. The van der Waals surface area contributed by atoms with E-state index in [0.717, 1.165) is 35.2 Å². The van der Waals surface area contributed by atoms with Gasteiger partial charge in [0, 0.05) is 5.69 Å². The van der Waals surface area contributed by atoms with Crippen molar-refractivity contribution in [2.24, 2.45) is 0 Å². The lowest BCUT2D eigenvalue weighted by atomic mass is 9.97. The molecule has 1 rings (SSSR count). The summed E-state index contributed by atoms with van der Waals surface area (Å²) in [5, 5.41) is 11.7. The maximum Gasteiger partial charge on any atom is 0.211 e. The van der Waals surface area contributed by atoms with Gasteiger partial charge in [-0.2, -0.15) is 5.26 Å². The van der Waals surface area contributed by atoms with Crippen LogP contribution in [0.5, 0.6) is 0 Å². The first-order chi connectivity index (χ1) is 7.26. The van der Waals surface area contributed by atoms with Crippen molar-refractivity contribution < 1.29 is 4.79 Å². The maximum atomic E-state index is 10.4. The molecule has 1 N–H and O–H groups in total. The van der Waals surface area contributed by atoms with E-state index in [9.17, 15) is 4.79 Å².